The summed E-state index contributed by atoms with van der Waals surface area (Å²) in [5.74, 6) is 0.557. The van der Waals surface area contributed by atoms with Crippen molar-refractivity contribution in [3.8, 4) is 11.8 Å². The summed E-state index contributed by atoms with van der Waals surface area (Å²) in [6.07, 6.45) is 0.302. The molecule has 1 rings (SSSR count). The Bertz CT molecular complexity index is 468. The molecule has 0 aliphatic rings. The molecule has 18 heavy (non-hydrogen) atoms. The zero-order chi connectivity index (χ0) is 13.5. The molecule has 4 nitrogen and oxygen atoms in total. The Morgan fingerprint density at radius 1 is 1.50 bits per heavy atom. The molecule has 1 atom stereocenters. The van der Waals surface area contributed by atoms with Crippen LogP contribution in [0.2, 0.25) is 0 Å². The minimum absolute atomic E-state index is 0.301. The van der Waals surface area contributed by atoms with E-state index in [1.807, 2.05) is 19.1 Å². The summed E-state index contributed by atoms with van der Waals surface area (Å²) in [6.45, 7) is 4.14. The van der Waals surface area contributed by atoms with Crippen LogP contribution in [0.25, 0.3) is 0 Å². The lowest BCUT2D eigenvalue weighted by molar-refractivity contribution is 0.0738. The zero-order valence-electron chi connectivity index (χ0n) is 10.3. The van der Waals surface area contributed by atoms with E-state index in [0.29, 0.717) is 24.5 Å². The summed E-state index contributed by atoms with van der Waals surface area (Å²) in [6, 6.07) is 5.54. The molecule has 0 heterocycles. The molecule has 1 aromatic carbocycles. The molecular weight excluding hydrogens is 298 g/mol. The second-order valence-corrected chi connectivity index (χ2v) is 4.67. The van der Waals surface area contributed by atoms with Gasteiger partial charge in [0.15, 0.2) is 6.29 Å². The van der Waals surface area contributed by atoms with Gasteiger partial charge in [-0.15, -0.1) is 0 Å². The first-order chi connectivity index (χ1) is 8.58. The lowest BCUT2D eigenvalue weighted by atomic mass is 10.1. The topological polar surface area (TPSA) is 59.3 Å². The highest BCUT2D eigenvalue weighted by molar-refractivity contribution is 9.10. The van der Waals surface area contributed by atoms with Gasteiger partial charge in [0.1, 0.15) is 18.5 Å². The van der Waals surface area contributed by atoms with Crippen LogP contribution < -0.4 is 4.74 Å². The standard InChI is InChI=1S/C13H14BrNO3/c1-9-5-12(14)6-11(8-16)13(9)18-4-3-17-10(2)7-15/h5-6,8,10H,3-4H2,1-2H3. The number of aldehydes is 1. The van der Waals surface area contributed by atoms with E-state index < -0.39 is 6.10 Å². The van der Waals surface area contributed by atoms with Crippen LogP contribution >= 0.6 is 15.9 Å². The van der Waals surface area contributed by atoms with Crippen LogP contribution in [0.3, 0.4) is 0 Å². The number of nitriles is 1. The Morgan fingerprint density at radius 3 is 2.83 bits per heavy atom. The van der Waals surface area contributed by atoms with Crippen molar-refractivity contribution in [2.45, 2.75) is 20.0 Å². The van der Waals surface area contributed by atoms with Gasteiger partial charge in [0.05, 0.1) is 18.2 Å². The number of ether oxygens (including phenoxy) is 2. The number of rotatable bonds is 6. The van der Waals surface area contributed by atoms with E-state index >= 15 is 0 Å². The van der Waals surface area contributed by atoms with Crippen molar-refractivity contribution in [2.75, 3.05) is 13.2 Å². The molecule has 0 amide bonds. The monoisotopic (exact) mass is 311 g/mol. The van der Waals surface area contributed by atoms with E-state index in [2.05, 4.69) is 15.9 Å². The van der Waals surface area contributed by atoms with Gasteiger partial charge in [0.2, 0.25) is 0 Å². The number of hydrogen-bond donors (Lipinski definition) is 0. The maximum atomic E-state index is 10.9. The molecule has 0 fully saturated rings. The minimum Gasteiger partial charge on any atom is -0.490 e. The molecule has 5 heteroatoms. The fourth-order valence-corrected chi connectivity index (χ4v) is 2.04. The normalized spacial score (nSPS) is 11.7. The molecule has 0 N–H and O–H groups in total. The number of hydrogen-bond acceptors (Lipinski definition) is 4. The SMILES string of the molecule is Cc1cc(Br)cc(C=O)c1OCCOC(C)C#N. The van der Waals surface area contributed by atoms with Crippen molar-refractivity contribution in [2.24, 2.45) is 0 Å². The van der Waals surface area contributed by atoms with Crippen molar-refractivity contribution < 1.29 is 14.3 Å². The molecule has 0 aliphatic heterocycles. The highest BCUT2D eigenvalue weighted by Gasteiger charge is 2.08. The average Bonchev–Trinajstić information content (AvgIpc) is 2.35. The van der Waals surface area contributed by atoms with Gasteiger partial charge in [-0.1, -0.05) is 15.9 Å². The van der Waals surface area contributed by atoms with Gasteiger partial charge in [-0.2, -0.15) is 5.26 Å². The predicted molar refractivity (Wildman–Crippen MR) is 70.8 cm³/mol. The fraction of sp³-hybridized carbons (Fsp3) is 0.385. The average molecular weight is 312 g/mol. The number of benzene rings is 1. The molecule has 0 aromatic heterocycles. The summed E-state index contributed by atoms with van der Waals surface area (Å²) in [4.78, 5) is 10.9. The first-order valence-electron chi connectivity index (χ1n) is 5.47. The highest BCUT2D eigenvalue weighted by Crippen LogP contribution is 2.26. The van der Waals surface area contributed by atoms with Gasteiger partial charge in [0.25, 0.3) is 0 Å². The summed E-state index contributed by atoms with van der Waals surface area (Å²) >= 11 is 3.32. The Balaban J connectivity index is 2.62. The quantitative estimate of drug-likeness (QED) is 0.598. The minimum atomic E-state index is -0.454. The van der Waals surface area contributed by atoms with Crippen LogP contribution in [0, 0.1) is 18.3 Å². The number of carbonyl (C=O) groups is 1. The number of carbonyl (C=O) groups excluding carboxylic acids is 1. The molecule has 96 valence electrons. The summed E-state index contributed by atoms with van der Waals surface area (Å²) in [5.41, 5.74) is 1.37. The second-order valence-electron chi connectivity index (χ2n) is 3.75. The molecule has 0 saturated carbocycles. The molecule has 0 aliphatic carbocycles. The number of nitrogens with zero attached hydrogens (tertiary/aromatic N) is 1. The van der Waals surface area contributed by atoms with Crippen molar-refractivity contribution in [3.05, 3.63) is 27.7 Å². The third kappa shape index (κ3) is 4.13. The van der Waals surface area contributed by atoms with Gasteiger partial charge in [-0.3, -0.25) is 4.79 Å². The highest BCUT2D eigenvalue weighted by atomic mass is 79.9. The Hall–Kier alpha value is -1.38. The van der Waals surface area contributed by atoms with Gasteiger partial charge in [0, 0.05) is 4.47 Å². The van der Waals surface area contributed by atoms with E-state index in [1.165, 1.54) is 0 Å². The molecule has 0 spiro atoms. The molecule has 0 radical (unpaired) electrons. The van der Waals surface area contributed by atoms with Crippen molar-refractivity contribution in [1.29, 1.82) is 5.26 Å². The van der Waals surface area contributed by atoms with Crippen molar-refractivity contribution in [3.63, 3.8) is 0 Å². The summed E-state index contributed by atoms with van der Waals surface area (Å²) in [7, 11) is 0. The molecule has 0 saturated heterocycles. The zero-order valence-corrected chi connectivity index (χ0v) is 11.9. The van der Waals surface area contributed by atoms with E-state index in [1.54, 1.807) is 13.0 Å². The van der Waals surface area contributed by atoms with Gasteiger partial charge >= 0.3 is 0 Å². The van der Waals surface area contributed by atoms with E-state index in [0.717, 1.165) is 16.3 Å². The second kappa shape index (κ2) is 7.14. The molecule has 1 aromatic rings. The maximum absolute atomic E-state index is 10.9. The van der Waals surface area contributed by atoms with Gasteiger partial charge < -0.3 is 9.47 Å². The van der Waals surface area contributed by atoms with Crippen molar-refractivity contribution >= 4 is 22.2 Å². The Kier molecular flexibility index (Phi) is 5.83. The maximum Gasteiger partial charge on any atom is 0.153 e. The van der Waals surface area contributed by atoms with Crippen LogP contribution in [-0.2, 0) is 4.74 Å². The van der Waals surface area contributed by atoms with Crippen LogP contribution in [0.1, 0.15) is 22.8 Å². The largest absolute Gasteiger partial charge is 0.490 e. The number of aryl methyl sites for hydroxylation is 1. The lowest BCUT2D eigenvalue weighted by Gasteiger charge is -2.12. The van der Waals surface area contributed by atoms with Crippen LogP contribution in [0.15, 0.2) is 16.6 Å². The fourth-order valence-electron chi connectivity index (χ4n) is 1.45. The summed E-state index contributed by atoms with van der Waals surface area (Å²) in [5, 5.41) is 8.54. The van der Waals surface area contributed by atoms with E-state index in [4.69, 9.17) is 14.7 Å². The third-order valence-electron chi connectivity index (χ3n) is 2.27. The van der Waals surface area contributed by atoms with Crippen LogP contribution in [0.5, 0.6) is 5.75 Å². The van der Waals surface area contributed by atoms with Crippen LogP contribution in [0.4, 0.5) is 0 Å². The Morgan fingerprint density at radius 2 is 2.22 bits per heavy atom. The first-order valence-corrected chi connectivity index (χ1v) is 6.27. The Labute approximate surface area is 115 Å². The molecular formula is C13H14BrNO3. The van der Waals surface area contributed by atoms with E-state index in [-0.39, 0.29) is 0 Å². The molecule has 0 bridgehead atoms. The number of halogens is 1. The lowest BCUT2D eigenvalue weighted by Crippen LogP contribution is -2.13. The smallest absolute Gasteiger partial charge is 0.153 e. The summed E-state index contributed by atoms with van der Waals surface area (Å²) < 4.78 is 11.5. The van der Waals surface area contributed by atoms with Gasteiger partial charge in [-0.05, 0) is 31.5 Å². The molecule has 1 unspecified atom stereocenters. The third-order valence-corrected chi connectivity index (χ3v) is 2.73. The predicted octanol–water partition coefficient (Wildman–Crippen LogP) is 2.88. The van der Waals surface area contributed by atoms with Crippen LogP contribution in [-0.4, -0.2) is 25.6 Å². The van der Waals surface area contributed by atoms with Crippen molar-refractivity contribution in [1.82, 2.24) is 0 Å². The first kappa shape index (κ1) is 14.7. The van der Waals surface area contributed by atoms with Gasteiger partial charge in [-0.25, -0.2) is 0 Å². The van der Waals surface area contributed by atoms with E-state index in [9.17, 15) is 4.79 Å².